The number of aromatic hydroxyl groups is 1. The molecule has 2 aromatic rings. The Kier molecular flexibility index (Phi) is 1.81. The third-order valence-electron chi connectivity index (χ3n) is 2.60. The first kappa shape index (κ1) is 8.60. The number of ether oxygens (including phenoxy) is 1. The lowest BCUT2D eigenvalue weighted by Gasteiger charge is -2.07. The minimum absolute atomic E-state index is 0.0689. The topological polar surface area (TPSA) is 72.5 Å². The fourth-order valence-corrected chi connectivity index (χ4v) is 1.79. The van der Waals surface area contributed by atoms with Gasteiger partial charge in [-0.3, -0.25) is 0 Å². The maximum atomic E-state index is 9.68. The second-order valence-corrected chi connectivity index (χ2v) is 3.57. The highest BCUT2D eigenvalue weighted by atomic mass is 16.5. The first-order chi connectivity index (χ1) is 7.34. The third kappa shape index (κ3) is 1.33. The van der Waals surface area contributed by atoms with Crippen molar-refractivity contribution in [2.24, 2.45) is 0 Å². The Labute approximate surface area is 85.5 Å². The predicted octanol–water partition coefficient (Wildman–Crippen LogP) is 0.334. The van der Waals surface area contributed by atoms with Gasteiger partial charge in [-0.1, -0.05) is 0 Å². The summed E-state index contributed by atoms with van der Waals surface area (Å²) < 4.78 is 6.59. The van der Waals surface area contributed by atoms with Crippen LogP contribution < -0.4 is 0 Å². The highest BCUT2D eigenvalue weighted by molar-refractivity contribution is 5.33. The van der Waals surface area contributed by atoms with Gasteiger partial charge in [-0.25, -0.2) is 4.98 Å². The normalized spacial score (nSPS) is 21.2. The van der Waals surface area contributed by atoms with Gasteiger partial charge in [0.2, 0.25) is 5.88 Å². The van der Waals surface area contributed by atoms with Crippen LogP contribution in [0.5, 0.6) is 5.88 Å². The van der Waals surface area contributed by atoms with E-state index < -0.39 is 0 Å². The molecule has 1 aliphatic rings. The van der Waals surface area contributed by atoms with Crippen molar-refractivity contribution in [3.63, 3.8) is 0 Å². The Balaban J connectivity index is 2.11. The summed E-state index contributed by atoms with van der Waals surface area (Å²) in [5.41, 5.74) is 0.825. The van der Waals surface area contributed by atoms with Crippen LogP contribution in [-0.4, -0.2) is 37.9 Å². The summed E-state index contributed by atoms with van der Waals surface area (Å²) in [6.07, 6.45) is 2.31. The van der Waals surface area contributed by atoms with E-state index in [1.807, 2.05) is 0 Å². The third-order valence-corrected chi connectivity index (χ3v) is 2.60. The molecule has 15 heavy (non-hydrogen) atoms. The fraction of sp³-hybridized carbons (Fsp3) is 0.444. The summed E-state index contributed by atoms with van der Waals surface area (Å²) in [5, 5.41) is 13.5. The van der Waals surface area contributed by atoms with Gasteiger partial charge in [0.05, 0.1) is 12.3 Å². The molecule has 78 valence electrons. The number of fused-ring (bicyclic) bond motifs is 1. The first-order valence-corrected chi connectivity index (χ1v) is 4.82. The van der Waals surface area contributed by atoms with Gasteiger partial charge in [0.25, 0.3) is 5.78 Å². The van der Waals surface area contributed by atoms with Crippen LogP contribution in [-0.2, 0) is 4.74 Å². The van der Waals surface area contributed by atoms with E-state index in [4.69, 9.17) is 4.74 Å². The maximum absolute atomic E-state index is 9.68. The highest BCUT2D eigenvalue weighted by Gasteiger charge is 2.21. The van der Waals surface area contributed by atoms with E-state index in [2.05, 4.69) is 15.1 Å². The fourth-order valence-electron chi connectivity index (χ4n) is 1.79. The second kappa shape index (κ2) is 3.16. The van der Waals surface area contributed by atoms with Crippen LogP contribution in [0.4, 0.5) is 0 Å². The predicted molar refractivity (Wildman–Crippen MR) is 50.6 cm³/mol. The monoisotopic (exact) mass is 206 g/mol. The van der Waals surface area contributed by atoms with Crippen molar-refractivity contribution in [1.82, 2.24) is 19.6 Å². The smallest absolute Gasteiger partial charge is 0.255 e. The molecule has 3 rings (SSSR count). The van der Waals surface area contributed by atoms with Crippen LogP contribution in [0, 0.1) is 0 Å². The number of nitrogens with zero attached hydrogens (tertiary/aromatic N) is 4. The van der Waals surface area contributed by atoms with E-state index in [9.17, 15) is 5.11 Å². The van der Waals surface area contributed by atoms with Crippen molar-refractivity contribution < 1.29 is 9.84 Å². The molecule has 0 aromatic carbocycles. The molecule has 1 fully saturated rings. The Bertz CT molecular complexity index is 490. The van der Waals surface area contributed by atoms with Crippen molar-refractivity contribution in [2.75, 3.05) is 13.2 Å². The van der Waals surface area contributed by atoms with Crippen molar-refractivity contribution in [2.45, 2.75) is 12.3 Å². The van der Waals surface area contributed by atoms with Gasteiger partial charge in [0, 0.05) is 18.6 Å². The number of hydrogen-bond acceptors (Lipinski definition) is 5. The molecule has 0 bridgehead atoms. The van der Waals surface area contributed by atoms with Gasteiger partial charge in [-0.05, 0) is 6.42 Å². The zero-order valence-corrected chi connectivity index (χ0v) is 8.00. The quantitative estimate of drug-likeness (QED) is 0.728. The van der Waals surface area contributed by atoms with E-state index in [0.29, 0.717) is 12.4 Å². The molecule has 0 aliphatic carbocycles. The molecule has 3 heterocycles. The van der Waals surface area contributed by atoms with Crippen LogP contribution in [0.15, 0.2) is 12.4 Å². The molecule has 1 aliphatic heterocycles. The largest absolute Gasteiger partial charge is 0.493 e. The van der Waals surface area contributed by atoms with Crippen molar-refractivity contribution in [3.05, 3.63) is 18.1 Å². The number of aromatic nitrogens is 4. The number of rotatable bonds is 1. The summed E-state index contributed by atoms with van der Waals surface area (Å²) in [5.74, 6) is 0.758. The van der Waals surface area contributed by atoms with Crippen LogP contribution >= 0.6 is 0 Å². The highest BCUT2D eigenvalue weighted by Crippen LogP contribution is 2.25. The molecule has 2 aromatic heterocycles. The zero-order chi connectivity index (χ0) is 10.3. The lowest BCUT2D eigenvalue weighted by molar-refractivity contribution is 0.193. The van der Waals surface area contributed by atoms with Crippen LogP contribution in [0.25, 0.3) is 5.78 Å². The second-order valence-electron chi connectivity index (χ2n) is 3.57. The Morgan fingerprint density at radius 2 is 2.47 bits per heavy atom. The molecule has 0 saturated carbocycles. The van der Waals surface area contributed by atoms with E-state index >= 15 is 0 Å². The average Bonchev–Trinajstić information content (AvgIpc) is 2.88. The van der Waals surface area contributed by atoms with Gasteiger partial charge in [-0.2, -0.15) is 14.6 Å². The molecular weight excluding hydrogens is 196 g/mol. The van der Waals surface area contributed by atoms with Crippen molar-refractivity contribution in [1.29, 1.82) is 0 Å². The maximum Gasteiger partial charge on any atom is 0.255 e. The summed E-state index contributed by atoms with van der Waals surface area (Å²) >= 11 is 0. The minimum Gasteiger partial charge on any atom is -0.493 e. The Morgan fingerprint density at radius 1 is 1.53 bits per heavy atom. The average molecular weight is 206 g/mol. The summed E-state index contributed by atoms with van der Waals surface area (Å²) in [6, 6.07) is 1.63. The van der Waals surface area contributed by atoms with E-state index in [1.165, 1.54) is 10.8 Å². The molecule has 6 nitrogen and oxygen atoms in total. The molecule has 1 N–H and O–H groups in total. The zero-order valence-electron chi connectivity index (χ0n) is 8.00. The first-order valence-electron chi connectivity index (χ1n) is 4.82. The van der Waals surface area contributed by atoms with Crippen LogP contribution in [0.1, 0.15) is 18.0 Å². The Morgan fingerprint density at radius 3 is 3.27 bits per heavy atom. The lowest BCUT2D eigenvalue weighted by atomic mass is 10.1. The molecule has 1 saturated heterocycles. The molecule has 0 radical (unpaired) electrons. The van der Waals surface area contributed by atoms with Gasteiger partial charge >= 0.3 is 0 Å². The van der Waals surface area contributed by atoms with E-state index in [-0.39, 0.29) is 11.8 Å². The molecule has 1 unspecified atom stereocenters. The van der Waals surface area contributed by atoms with Crippen molar-refractivity contribution >= 4 is 5.78 Å². The lowest BCUT2D eigenvalue weighted by Crippen LogP contribution is -2.03. The molecule has 0 amide bonds. The van der Waals surface area contributed by atoms with E-state index in [0.717, 1.165) is 18.7 Å². The summed E-state index contributed by atoms with van der Waals surface area (Å²) in [7, 11) is 0. The molecule has 6 heteroatoms. The summed E-state index contributed by atoms with van der Waals surface area (Å²) in [4.78, 5) is 8.28. The minimum atomic E-state index is 0.0689. The van der Waals surface area contributed by atoms with Gasteiger partial charge in [0.15, 0.2) is 0 Å². The van der Waals surface area contributed by atoms with Crippen molar-refractivity contribution in [3.8, 4) is 5.88 Å². The molecular formula is C9H10N4O2. The van der Waals surface area contributed by atoms with E-state index in [1.54, 1.807) is 6.07 Å². The van der Waals surface area contributed by atoms with Crippen LogP contribution in [0.2, 0.25) is 0 Å². The standard InChI is InChI=1S/C9H10N4O2/c14-8-3-7(6-1-2-15-4-6)12-9-10-5-11-13(8)9/h3,5-6,14H,1-2,4H2. The van der Waals surface area contributed by atoms with Gasteiger partial charge < -0.3 is 9.84 Å². The SMILES string of the molecule is Oc1cc(C2CCOC2)nc2ncnn12. The number of hydrogen-bond donors (Lipinski definition) is 1. The molecule has 0 spiro atoms. The molecule has 1 atom stereocenters. The van der Waals surface area contributed by atoms with Crippen LogP contribution in [0.3, 0.4) is 0 Å². The van der Waals surface area contributed by atoms with Gasteiger partial charge in [-0.15, -0.1) is 0 Å². The van der Waals surface area contributed by atoms with Gasteiger partial charge in [0.1, 0.15) is 6.33 Å². The summed E-state index contributed by atoms with van der Waals surface area (Å²) in [6.45, 7) is 1.42. The Hall–Kier alpha value is -1.69.